The van der Waals surface area contributed by atoms with Gasteiger partial charge in [-0.3, -0.25) is 15.1 Å². The van der Waals surface area contributed by atoms with Crippen LogP contribution in [0.2, 0.25) is 0 Å². The molecule has 0 spiro atoms. The quantitative estimate of drug-likeness (QED) is 0.287. The van der Waals surface area contributed by atoms with Crippen LogP contribution in [-0.4, -0.2) is 24.4 Å². The molecule has 1 atom stereocenters. The summed E-state index contributed by atoms with van der Waals surface area (Å²) in [7, 11) is 0. The molecule has 9 heteroatoms. The zero-order chi connectivity index (χ0) is 16.3. The van der Waals surface area contributed by atoms with Crippen molar-refractivity contribution in [2.24, 2.45) is 0 Å². The lowest BCUT2D eigenvalue weighted by molar-refractivity contribution is -0.384. The van der Waals surface area contributed by atoms with Crippen LogP contribution in [-0.2, 0) is 0 Å². The van der Waals surface area contributed by atoms with Crippen LogP contribution in [0, 0.1) is 17.0 Å². The van der Waals surface area contributed by atoms with Crippen molar-refractivity contribution < 1.29 is 4.92 Å². The van der Waals surface area contributed by atoms with Gasteiger partial charge in [0.05, 0.1) is 17.0 Å². The normalized spacial score (nSPS) is 10.9. The van der Waals surface area contributed by atoms with Gasteiger partial charge in [-0.1, -0.05) is 13.8 Å². The van der Waals surface area contributed by atoms with Gasteiger partial charge in [0.2, 0.25) is 0 Å². The van der Waals surface area contributed by atoms with Gasteiger partial charge < -0.3 is 4.98 Å². The van der Waals surface area contributed by atoms with Gasteiger partial charge in [0.1, 0.15) is 6.20 Å². The SMILES string of the molecule is CC.Cc1c[nH]c2cc(-c3nn(PI)cc3[N+](=O)[O-])ncc12. The number of nitrogens with one attached hydrogen (secondary N) is 1. The second-order valence-corrected chi connectivity index (χ2v) is 6.31. The van der Waals surface area contributed by atoms with Crippen molar-refractivity contribution in [3.8, 4) is 11.4 Å². The Labute approximate surface area is 142 Å². The predicted octanol–water partition coefficient (Wildman–Crippen LogP) is 4.46. The third-order valence-electron chi connectivity index (χ3n) is 2.99. The predicted molar refractivity (Wildman–Crippen MR) is 97.8 cm³/mol. The van der Waals surface area contributed by atoms with Gasteiger partial charge in [-0.25, -0.2) is 4.45 Å². The average molecular weight is 431 g/mol. The summed E-state index contributed by atoms with van der Waals surface area (Å²) in [5.74, 6) is 0. The molecule has 116 valence electrons. The number of aromatic nitrogens is 4. The first-order valence-electron chi connectivity index (χ1n) is 6.65. The van der Waals surface area contributed by atoms with E-state index in [1.165, 1.54) is 6.20 Å². The molecule has 0 saturated heterocycles. The monoisotopic (exact) mass is 431 g/mol. The molecule has 3 aromatic rings. The lowest BCUT2D eigenvalue weighted by atomic mass is 10.2. The summed E-state index contributed by atoms with van der Waals surface area (Å²) in [6, 6.07) is 1.79. The Bertz CT molecular complexity index is 814. The molecule has 0 aliphatic carbocycles. The number of hydrogen-bond donors (Lipinski definition) is 1. The Morgan fingerprint density at radius 3 is 2.82 bits per heavy atom. The molecule has 3 aromatic heterocycles. The van der Waals surface area contributed by atoms with E-state index in [2.05, 4.69) is 37.1 Å². The number of pyridine rings is 1. The van der Waals surface area contributed by atoms with E-state index in [0.29, 0.717) is 17.8 Å². The number of rotatable bonds is 3. The summed E-state index contributed by atoms with van der Waals surface area (Å²) in [6.45, 7) is 5.98. The van der Waals surface area contributed by atoms with Crippen molar-refractivity contribution in [1.82, 2.24) is 19.5 Å². The highest BCUT2D eigenvalue weighted by Gasteiger charge is 2.22. The Kier molecular flexibility index (Phi) is 5.47. The van der Waals surface area contributed by atoms with Crippen molar-refractivity contribution in [2.75, 3.05) is 0 Å². The Morgan fingerprint density at radius 2 is 2.18 bits per heavy atom. The zero-order valence-electron chi connectivity index (χ0n) is 12.3. The van der Waals surface area contributed by atoms with Crippen molar-refractivity contribution in [2.45, 2.75) is 20.8 Å². The maximum Gasteiger partial charge on any atom is 0.316 e. The molecule has 0 aliphatic rings. The topological polar surface area (TPSA) is 89.6 Å². The van der Waals surface area contributed by atoms with Crippen molar-refractivity contribution in [3.05, 3.63) is 40.3 Å². The highest BCUT2D eigenvalue weighted by molar-refractivity contribution is 14.2. The van der Waals surface area contributed by atoms with E-state index in [0.717, 1.165) is 16.5 Å². The molecule has 0 amide bonds. The summed E-state index contributed by atoms with van der Waals surface area (Å²) in [6.07, 6.45) is 5.34. The number of aromatic amines is 1. The molecule has 0 radical (unpaired) electrons. The highest BCUT2D eigenvalue weighted by Crippen LogP contribution is 2.33. The molecule has 1 unspecified atom stereocenters. The van der Waals surface area contributed by atoms with Gasteiger partial charge in [0.15, 0.2) is 5.69 Å². The number of nitrogens with zero attached hydrogens (tertiary/aromatic N) is 4. The van der Waals surface area contributed by atoms with Gasteiger partial charge in [0.25, 0.3) is 0 Å². The van der Waals surface area contributed by atoms with Crippen LogP contribution in [0.15, 0.2) is 24.7 Å². The number of H-pyrrole nitrogens is 1. The third-order valence-corrected chi connectivity index (χ3v) is 4.88. The smallest absolute Gasteiger partial charge is 0.316 e. The molecule has 3 rings (SSSR count). The van der Waals surface area contributed by atoms with Crippen molar-refractivity contribution >= 4 is 45.0 Å². The summed E-state index contributed by atoms with van der Waals surface area (Å²) < 4.78 is 1.56. The van der Waals surface area contributed by atoms with Crippen LogP contribution in [0.25, 0.3) is 22.3 Å². The lowest BCUT2D eigenvalue weighted by Gasteiger charge is -1.97. The third kappa shape index (κ3) is 3.12. The molecule has 0 aliphatic heterocycles. The molecule has 0 fully saturated rings. The van der Waals surface area contributed by atoms with E-state index in [1.54, 1.807) is 16.7 Å². The van der Waals surface area contributed by atoms with Gasteiger partial charge in [-0.15, -0.1) is 0 Å². The fourth-order valence-electron chi connectivity index (χ4n) is 2.01. The second-order valence-electron chi connectivity index (χ2n) is 4.24. The molecular formula is C13H15IN5O2P. The first kappa shape index (κ1) is 16.8. The maximum atomic E-state index is 11.1. The summed E-state index contributed by atoms with van der Waals surface area (Å²) >= 11 is 2.12. The molecule has 0 bridgehead atoms. The Hall–Kier alpha value is -1.54. The zero-order valence-corrected chi connectivity index (χ0v) is 15.5. The largest absolute Gasteiger partial charge is 0.361 e. The van der Waals surface area contributed by atoms with Crippen LogP contribution in [0.5, 0.6) is 0 Å². The van der Waals surface area contributed by atoms with Crippen LogP contribution < -0.4 is 0 Å². The molecule has 3 heterocycles. The fraction of sp³-hybridized carbons (Fsp3) is 0.231. The van der Waals surface area contributed by atoms with Crippen LogP contribution in [0.4, 0.5) is 5.69 Å². The highest BCUT2D eigenvalue weighted by atomic mass is 127. The molecule has 1 N–H and O–H groups in total. The van der Waals surface area contributed by atoms with Gasteiger partial charge in [-0.05, 0) is 40.6 Å². The fourth-order valence-corrected chi connectivity index (χ4v) is 3.06. The minimum absolute atomic E-state index is 0.0238. The number of fused-ring (bicyclic) bond motifs is 1. The molecular weight excluding hydrogens is 416 g/mol. The van der Waals surface area contributed by atoms with Gasteiger partial charge in [0, 0.05) is 23.3 Å². The molecule has 0 saturated carbocycles. The summed E-state index contributed by atoms with van der Waals surface area (Å²) in [4.78, 5) is 18.1. The van der Waals surface area contributed by atoms with Crippen LogP contribution in [0.3, 0.4) is 0 Å². The van der Waals surface area contributed by atoms with Gasteiger partial charge in [-0.2, -0.15) is 5.10 Å². The lowest BCUT2D eigenvalue weighted by Crippen LogP contribution is -1.91. The molecule has 0 aromatic carbocycles. The number of halogens is 1. The number of hydrogen-bond acceptors (Lipinski definition) is 4. The summed E-state index contributed by atoms with van der Waals surface area (Å²) in [5.41, 5.74) is 2.76. The molecule has 22 heavy (non-hydrogen) atoms. The van der Waals surface area contributed by atoms with E-state index in [1.807, 2.05) is 27.0 Å². The van der Waals surface area contributed by atoms with E-state index in [9.17, 15) is 10.1 Å². The minimum Gasteiger partial charge on any atom is -0.361 e. The molecule has 7 nitrogen and oxygen atoms in total. The minimum atomic E-state index is -0.429. The van der Waals surface area contributed by atoms with Crippen LogP contribution in [0.1, 0.15) is 19.4 Å². The summed E-state index contributed by atoms with van der Waals surface area (Å²) in [5, 5.41) is 16.4. The second kappa shape index (κ2) is 7.15. The van der Waals surface area contributed by atoms with E-state index < -0.39 is 4.92 Å². The number of aryl methyl sites for hydroxylation is 1. The van der Waals surface area contributed by atoms with Crippen molar-refractivity contribution in [1.29, 1.82) is 0 Å². The number of nitro groups is 1. The maximum absolute atomic E-state index is 11.1. The Morgan fingerprint density at radius 1 is 1.45 bits per heavy atom. The van der Waals surface area contributed by atoms with Crippen LogP contribution >= 0.6 is 28.4 Å². The van der Waals surface area contributed by atoms with E-state index >= 15 is 0 Å². The standard InChI is InChI=1S/C11H9IN5O2P.C2H6/c1-6-3-13-8-2-9(14-4-7(6)8)11-10(17(18)19)5-16(15-11)20-12;1-2/h2-5,13,20H,1H3;1-2H3. The first-order valence-corrected chi connectivity index (χ1v) is 10.7. The van der Waals surface area contributed by atoms with E-state index in [-0.39, 0.29) is 5.69 Å². The van der Waals surface area contributed by atoms with Crippen molar-refractivity contribution in [3.63, 3.8) is 0 Å². The Balaban J connectivity index is 0.000000847. The van der Waals surface area contributed by atoms with E-state index in [4.69, 9.17) is 0 Å². The first-order chi connectivity index (χ1) is 10.6. The van der Waals surface area contributed by atoms with Gasteiger partial charge >= 0.3 is 5.69 Å². The average Bonchev–Trinajstić information content (AvgIpc) is 3.13.